The van der Waals surface area contributed by atoms with Gasteiger partial charge in [-0.2, -0.15) is 0 Å². The molecule has 2 aromatic rings. The molecule has 0 spiro atoms. The molecule has 1 saturated heterocycles. The van der Waals surface area contributed by atoms with Gasteiger partial charge in [0.2, 0.25) is 10.0 Å². The van der Waals surface area contributed by atoms with Crippen LogP contribution in [0.15, 0.2) is 47.5 Å². The van der Waals surface area contributed by atoms with Crippen molar-refractivity contribution in [2.75, 3.05) is 24.5 Å². The van der Waals surface area contributed by atoms with E-state index in [4.69, 9.17) is 0 Å². The van der Waals surface area contributed by atoms with Crippen LogP contribution in [0.25, 0.3) is 0 Å². The van der Waals surface area contributed by atoms with Gasteiger partial charge in [-0.15, -0.1) is 0 Å². The SMILES string of the molecule is Cc1cc(S(=O)(=O)NCC2CCN(c3ccccn3)CC2)ccc1F. The van der Waals surface area contributed by atoms with Crippen molar-refractivity contribution in [2.45, 2.75) is 24.7 Å². The van der Waals surface area contributed by atoms with Crippen LogP contribution in [0.1, 0.15) is 18.4 Å². The summed E-state index contributed by atoms with van der Waals surface area (Å²) in [6, 6.07) is 9.69. The number of piperidine rings is 1. The normalized spacial score (nSPS) is 16.2. The van der Waals surface area contributed by atoms with Crippen LogP contribution in [-0.2, 0) is 10.0 Å². The van der Waals surface area contributed by atoms with E-state index in [1.165, 1.54) is 18.2 Å². The molecule has 1 fully saturated rings. The molecule has 0 saturated carbocycles. The number of benzene rings is 1. The van der Waals surface area contributed by atoms with Gasteiger partial charge in [0.1, 0.15) is 11.6 Å². The Labute approximate surface area is 147 Å². The molecule has 0 amide bonds. The van der Waals surface area contributed by atoms with Gasteiger partial charge in [0.25, 0.3) is 0 Å². The van der Waals surface area contributed by atoms with Gasteiger partial charge in [0, 0.05) is 25.8 Å². The van der Waals surface area contributed by atoms with Crippen molar-refractivity contribution >= 4 is 15.8 Å². The second kappa shape index (κ2) is 7.49. The number of pyridine rings is 1. The van der Waals surface area contributed by atoms with Gasteiger partial charge in [-0.05, 0) is 61.6 Å². The minimum absolute atomic E-state index is 0.109. The van der Waals surface area contributed by atoms with Crippen LogP contribution in [0.2, 0.25) is 0 Å². The maximum absolute atomic E-state index is 13.3. The molecule has 25 heavy (non-hydrogen) atoms. The van der Waals surface area contributed by atoms with Gasteiger partial charge in [-0.1, -0.05) is 6.07 Å². The van der Waals surface area contributed by atoms with Gasteiger partial charge >= 0.3 is 0 Å². The molecule has 1 aromatic carbocycles. The standard InChI is InChI=1S/C18H22FN3O2S/c1-14-12-16(5-6-17(14)19)25(23,24)21-13-15-7-10-22(11-8-15)18-4-2-3-9-20-18/h2-6,9,12,15,21H,7-8,10-11,13H2,1H3. The van der Waals surface area contributed by atoms with Crippen LogP contribution in [-0.4, -0.2) is 33.0 Å². The highest BCUT2D eigenvalue weighted by Crippen LogP contribution is 2.22. The Balaban J connectivity index is 1.55. The molecule has 3 rings (SSSR count). The van der Waals surface area contributed by atoms with Crippen molar-refractivity contribution in [1.29, 1.82) is 0 Å². The third-order valence-corrected chi connectivity index (χ3v) is 6.01. The molecule has 2 heterocycles. The topological polar surface area (TPSA) is 62.3 Å². The average molecular weight is 363 g/mol. The summed E-state index contributed by atoms with van der Waals surface area (Å²) in [5.74, 6) is 0.848. The van der Waals surface area contributed by atoms with Gasteiger partial charge in [-0.25, -0.2) is 22.5 Å². The van der Waals surface area contributed by atoms with Crippen molar-refractivity contribution in [3.05, 3.63) is 54.0 Å². The fraction of sp³-hybridized carbons (Fsp3) is 0.389. The predicted octanol–water partition coefficient (Wildman–Crippen LogP) is 2.72. The summed E-state index contributed by atoms with van der Waals surface area (Å²) in [5.41, 5.74) is 0.326. The number of aryl methyl sites for hydroxylation is 1. The summed E-state index contributed by atoms with van der Waals surface area (Å²) in [4.78, 5) is 6.68. The second-order valence-corrected chi connectivity index (χ2v) is 8.15. The van der Waals surface area contributed by atoms with E-state index in [1.54, 1.807) is 13.1 Å². The summed E-state index contributed by atoms with van der Waals surface area (Å²) in [7, 11) is -3.61. The second-order valence-electron chi connectivity index (χ2n) is 6.38. The largest absolute Gasteiger partial charge is 0.357 e. The molecule has 1 N–H and O–H groups in total. The maximum atomic E-state index is 13.3. The van der Waals surface area contributed by atoms with Crippen LogP contribution in [0.3, 0.4) is 0 Å². The average Bonchev–Trinajstić information content (AvgIpc) is 2.63. The zero-order valence-corrected chi connectivity index (χ0v) is 15.0. The van der Waals surface area contributed by atoms with Crippen LogP contribution in [0, 0.1) is 18.7 Å². The van der Waals surface area contributed by atoms with Gasteiger partial charge in [-0.3, -0.25) is 0 Å². The summed E-state index contributed by atoms with van der Waals surface area (Å²) in [6.45, 7) is 3.68. The number of anilines is 1. The molecule has 7 heteroatoms. The third kappa shape index (κ3) is 4.35. The summed E-state index contributed by atoms with van der Waals surface area (Å²) in [5, 5.41) is 0. The summed E-state index contributed by atoms with van der Waals surface area (Å²) >= 11 is 0. The fourth-order valence-corrected chi connectivity index (χ4v) is 4.20. The lowest BCUT2D eigenvalue weighted by Gasteiger charge is -2.32. The number of aromatic nitrogens is 1. The van der Waals surface area contributed by atoms with Crippen molar-refractivity contribution < 1.29 is 12.8 Å². The highest BCUT2D eigenvalue weighted by atomic mass is 32.2. The molecule has 0 radical (unpaired) electrons. The van der Waals surface area contributed by atoms with Gasteiger partial charge in [0.15, 0.2) is 0 Å². The van der Waals surface area contributed by atoms with E-state index in [-0.39, 0.29) is 10.8 Å². The summed E-state index contributed by atoms with van der Waals surface area (Å²) < 4.78 is 40.7. The lowest BCUT2D eigenvalue weighted by atomic mass is 9.97. The molecular weight excluding hydrogens is 341 g/mol. The van der Waals surface area contributed by atoms with Gasteiger partial charge in [0.05, 0.1) is 4.90 Å². The minimum Gasteiger partial charge on any atom is -0.357 e. The Hall–Kier alpha value is -1.99. The number of hydrogen-bond acceptors (Lipinski definition) is 4. The first-order chi connectivity index (χ1) is 12.0. The van der Waals surface area contributed by atoms with Crippen LogP contribution in [0.5, 0.6) is 0 Å². The highest BCUT2D eigenvalue weighted by Gasteiger charge is 2.22. The van der Waals surface area contributed by atoms with Crippen LogP contribution in [0.4, 0.5) is 10.2 Å². The van der Waals surface area contributed by atoms with E-state index in [0.29, 0.717) is 12.1 Å². The zero-order valence-electron chi connectivity index (χ0n) is 14.2. The summed E-state index contributed by atoms with van der Waals surface area (Å²) in [6.07, 6.45) is 3.59. The van der Waals surface area contributed by atoms with E-state index in [9.17, 15) is 12.8 Å². The van der Waals surface area contributed by atoms with Crippen LogP contribution < -0.4 is 9.62 Å². The van der Waals surface area contributed by atoms with E-state index in [2.05, 4.69) is 14.6 Å². The van der Waals surface area contributed by atoms with Crippen molar-refractivity contribution in [2.24, 2.45) is 5.92 Å². The Morgan fingerprint density at radius 3 is 2.64 bits per heavy atom. The van der Waals surface area contributed by atoms with E-state index >= 15 is 0 Å². The minimum atomic E-state index is -3.61. The first kappa shape index (κ1) is 17.8. The molecule has 134 valence electrons. The maximum Gasteiger partial charge on any atom is 0.240 e. The van der Waals surface area contributed by atoms with E-state index in [0.717, 1.165) is 31.7 Å². The van der Waals surface area contributed by atoms with Crippen molar-refractivity contribution in [3.63, 3.8) is 0 Å². The smallest absolute Gasteiger partial charge is 0.240 e. The monoisotopic (exact) mass is 363 g/mol. The Morgan fingerprint density at radius 2 is 2.00 bits per heavy atom. The molecule has 0 aliphatic carbocycles. The van der Waals surface area contributed by atoms with Crippen molar-refractivity contribution in [1.82, 2.24) is 9.71 Å². The predicted molar refractivity (Wildman–Crippen MR) is 95.5 cm³/mol. The number of nitrogens with zero attached hydrogens (tertiary/aromatic N) is 2. The molecular formula is C18H22FN3O2S. The first-order valence-electron chi connectivity index (χ1n) is 8.37. The number of sulfonamides is 1. The molecule has 0 unspecified atom stereocenters. The molecule has 0 atom stereocenters. The zero-order chi connectivity index (χ0) is 17.9. The quantitative estimate of drug-likeness (QED) is 0.887. The Kier molecular flexibility index (Phi) is 5.34. The molecule has 1 aliphatic rings. The number of halogens is 1. The number of nitrogens with one attached hydrogen (secondary N) is 1. The number of hydrogen-bond donors (Lipinski definition) is 1. The third-order valence-electron chi connectivity index (χ3n) is 4.59. The van der Waals surface area contributed by atoms with Crippen molar-refractivity contribution in [3.8, 4) is 0 Å². The highest BCUT2D eigenvalue weighted by molar-refractivity contribution is 7.89. The van der Waals surface area contributed by atoms with E-state index < -0.39 is 15.8 Å². The molecule has 0 bridgehead atoms. The number of rotatable bonds is 5. The lowest BCUT2D eigenvalue weighted by Crippen LogP contribution is -2.39. The van der Waals surface area contributed by atoms with Gasteiger partial charge < -0.3 is 4.90 Å². The lowest BCUT2D eigenvalue weighted by molar-refractivity contribution is 0.400. The Bertz CT molecular complexity index is 819. The van der Waals surface area contributed by atoms with Crippen LogP contribution >= 0.6 is 0 Å². The molecule has 1 aromatic heterocycles. The Morgan fingerprint density at radius 1 is 1.24 bits per heavy atom. The molecule has 5 nitrogen and oxygen atoms in total. The van der Waals surface area contributed by atoms with E-state index in [1.807, 2.05) is 18.2 Å². The fourth-order valence-electron chi connectivity index (χ4n) is 3.00. The first-order valence-corrected chi connectivity index (χ1v) is 9.86. The molecule has 1 aliphatic heterocycles.